The third kappa shape index (κ3) is 4.19. The van der Waals surface area contributed by atoms with Crippen LogP contribution in [0.15, 0.2) is 47.6 Å². The van der Waals surface area contributed by atoms with E-state index in [1.165, 1.54) is 37.0 Å². The second-order valence-corrected chi connectivity index (χ2v) is 7.90. The van der Waals surface area contributed by atoms with Crippen molar-refractivity contribution >= 4 is 5.71 Å². The van der Waals surface area contributed by atoms with E-state index < -0.39 is 0 Å². The van der Waals surface area contributed by atoms with Crippen LogP contribution in [0.25, 0.3) is 0 Å². The fourth-order valence-electron chi connectivity index (χ4n) is 4.63. The maximum absolute atomic E-state index is 5.54. The maximum Gasteiger partial charge on any atom is 0.161 e. The molecule has 0 radical (unpaired) electrons. The fraction of sp³-hybridized carbons (Fsp3) is 0.458. The van der Waals surface area contributed by atoms with Crippen molar-refractivity contribution in [3.8, 4) is 17.2 Å². The van der Waals surface area contributed by atoms with E-state index in [9.17, 15) is 0 Å². The molecule has 5 heteroatoms. The van der Waals surface area contributed by atoms with Gasteiger partial charge in [0.15, 0.2) is 11.5 Å². The Hall–Kier alpha value is -2.69. The number of hydrogen-bond donors (Lipinski definition) is 0. The van der Waals surface area contributed by atoms with Crippen LogP contribution in [0.2, 0.25) is 0 Å². The monoisotopic (exact) mass is 394 g/mol. The standard InChI is InChI=1S/C24H30N2O3/c1-27-20-11-8-17(9-12-20)15-26-16-19-6-4-5-7-21(19)24(25-26)18-10-13-22(28-2)23(14-18)29-3/h8-14,19,21H,4-7,15-16H2,1-3H3/t19-,21-/m0/s1. The van der Waals surface area contributed by atoms with Gasteiger partial charge in [0.25, 0.3) is 0 Å². The molecule has 1 saturated carbocycles. The van der Waals surface area contributed by atoms with Crippen LogP contribution in [0.1, 0.15) is 36.8 Å². The lowest BCUT2D eigenvalue weighted by Crippen LogP contribution is -2.41. The van der Waals surface area contributed by atoms with Gasteiger partial charge in [0.2, 0.25) is 0 Å². The molecule has 2 aromatic carbocycles. The van der Waals surface area contributed by atoms with E-state index in [2.05, 4.69) is 29.3 Å². The number of hydrazone groups is 1. The summed E-state index contributed by atoms with van der Waals surface area (Å²) in [6.45, 7) is 1.83. The molecule has 1 aliphatic carbocycles. The van der Waals surface area contributed by atoms with Crippen molar-refractivity contribution in [1.29, 1.82) is 0 Å². The first-order valence-electron chi connectivity index (χ1n) is 10.4. The molecule has 5 nitrogen and oxygen atoms in total. The molecule has 0 saturated heterocycles. The van der Waals surface area contributed by atoms with Crippen LogP contribution in [0, 0.1) is 11.8 Å². The zero-order valence-electron chi connectivity index (χ0n) is 17.6. The Morgan fingerprint density at radius 1 is 0.897 bits per heavy atom. The number of benzene rings is 2. The van der Waals surface area contributed by atoms with Gasteiger partial charge in [0.1, 0.15) is 5.75 Å². The molecule has 2 aromatic rings. The van der Waals surface area contributed by atoms with Gasteiger partial charge in [-0.15, -0.1) is 0 Å². The molecule has 1 heterocycles. The topological polar surface area (TPSA) is 43.3 Å². The summed E-state index contributed by atoms with van der Waals surface area (Å²) >= 11 is 0. The quantitative estimate of drug-likeness (QED) is 0.710. The van der Waals surface area contributed by atoms with Crippen LogP contribution in [-0.2, 0) is 6.54 Å². The van der Waals surface area contributed by atoms with Crippen molar-refractivity contribution in [1.82, 2.24) is 5.01 Å². The third-order valence-electron chi connectivity index (χ3n) is 6.16. The van der Waals surface area contributed by atoms with Crippen LogP contribution < -0.4 is 14.2 Å². The molecule has 0 bridgehead atoms. The summed E-state index contributed by atoms with van der Waals surface area (Å²) in [6, 6.07) is 14.4. The van der Waals surface area contributed by atoms with E-state index in [1.807, 2.05) is 18.2 Å². The van der Waals surface area contributed by atoms with Crippen LogP contribution in [0.4, 0.5) is 0 Å². The molecule has 0 N–H and O–H groups in total. The molecule has 2 atom stereocenters. The molecule has 1 aliphatic heterocycles. The van der Waals surface area contributed by atoms with Gasteiger partial charge in [0, 0.05) is 18.0 Å². The molecule has 2 aliphatic rings. The van der Waals surface area contributed by atoms with E-state index in [0.717, 1.165) is 35.9 Å². The highest BCUT2D eigenvalue weighted by Crippen LogP contribution is 2.38. The van der Waals surface area contributed by atoms with Gasteiger partial charge in [-0.05, 0) is 54.7 Å². The maximum atomic E-state index is 5.54. The number of methoxy groups -OCH3 is 3. The second kappa shape index (κ2) is 8.76. The van der Waals surface area contributed by atoms with Gasteiger partial charge in [-0.1, -0.05) is 25.0 Å². The molecular formula is C24H30N2O3. The Bertz CT molecular complexity index is 863. The number of fused-ring (bicyclic) bond motifs is 1. The minimum absolute atomic E-state index is 0.522. The van der Waals surface area contributed by atoms with E-state index in [-0.39, 0.29) is 0 Å². The van der Waals surface area contributed by atoms with Gasteiger partial charge >= 0.3 is 0 Å². The SMILES string of the molecule is COc1ccc(CN2C[C@@H]3CCCC[C@@H]3C(c3ccc(OC)c(OC)c3)=N2)cc1. The number of nitrogens with zero attached hydrogens (tertiary/aromatic N) is 2. The minimum atomic E-state index is 0.522. The van der Waals surface area contributed by atoms with Gasteiger partial charge < -0.3 is 14.2 Å². The zero-order valence-corrected chi connectivity index (χ0v) is 17.6. The molecule has 29 heavy (non-hydrogen) atoms. The van der Waals surface area contributed by atoms with E-state index in [1.54, 1.807) is 21.3 Å². The normalized spacial score (nSPS) is 21.2. The summed E-state index contributed by atoms with van der Waals surface area (Å²) in [5.74, 6) is 3.57. The highest BCUT2D eigenvalue weighted by Gasteiger charge is 2.35. The van der Waals surface area contributed by atoms with Gasteiger partial charge in [0.05, 0.1) is 33.6 Å². The number of ether oxygens (including phenoxy) is 3. The van der Waals surface area contributed by atoms with Crippen LogP contribution in [0.5, 0.6) is 17.2 Å². The molecule has 154 valence electrons. The minimum Gasteiger partial charge on any atom is -0.497 e. The van der Waals surface area contributed by atoms with E-state index >= 15 is 0 Å². The van der Waals surface area contributed by atoms with Crippen molar-refractivity contribution in [2.45, 2.75) is 32.2 Å². The summed E-state index contributed by atoms with van der Waals surface area (Å²) < 4.78 is 16.2. The Kier molecular flexibility index (Phi) is 5.93. The molecule has 0 unspecified atom stereocenters. The van der Waals surface area contributed by atoms with E-state index in [0.29, 0.717) is 11.8 Å². The number of rotatable bonds is 6. The predicted molar refractivity (Wildman–Crippen MR) is 115 cm³/mol. The summed E-state index contributed by atoms with van der Waals surface area (Å²) in [5.41, 5.74) is 3.57. The first kappa shape index (κ1) is 19.6. The van der Waals surface area contributed by atoms with Crippen molar-refractivity contribution < 1.29 is 14.2 Å². The molecule has 1 fully saturated rings. The molecule has 0 aromatic heterocycles. The first-order valence-corrected chi connectivity index (χ1v) is 10.4. The largest absolute Gasteiger partial charge is 0.497 e. The van der Waals surface area contributed by atoms with Crippen molar-refractivity contribution in [3.05, 3.63) is 53.6 Å². The Labute approximate surface area is 173 Å². The molecule has 0 amide bonds. The van der Waals surface area contributed by atoms with Gasteiger partial charge in [-0.2, -0.15) is 5.10 Å². The van der Waals surface area contributed by atoms with Gasteiger partial charge in [-0.3, -0.25) is 5.01 Å². The lowest BCUT2D eigenvalue weighted by Gasteiger charge is -2.40. The summed E-state index contributed by atoms with van der Waals surface area (Å²) in [4.78, 5) is 0. The Balaban J connectivity index is 1.64. The van der Waals surface area contributed by atoms with Gasteiger partial charge in [-0.25, -0.2) is 0 Å². The Morgan fingerprint density at radius 3 is 2.38 bits per heavy atom. The molecule has 4 rings (SSSR count). The summed E-state index contributed by atoms with van der Waals surface area (Å²) in [6.07, 6.45) is 5.09. The zero-order chi connectivity index (χ0) is 20.2. The lowest BCUT2D eigenvalue weighted by atomic mass is 9.74. The van der Waals surface area contributed by atoms with Crippen LogP contribution >= 0.6 is 0 Å². The highest BCUT2D eigenvalue weighted by atomic mass is 16.5. The Morgan fingerprint density at radius 2 is 1.66 bits per heavy atom. The smallest absolute Gasteiger partial charge is 0.161 e. The van der Waals surface area contributed by atoms with E-state index in [4.69, 9.17) is 19.3 Å². The summed E-state index contributed by atoms with van der Waals surface area (Å²) in [5, 5.41) is 7.36. The third-order valence-corrected chi connectivity index (χ3v) is 6.16. The van der Waals surface area contributed by atoms with Crippen molar-refractivity contribution in [3.63, 3.8) is 0 Å². The first-order chi connectivity index (χ1) is 14.2. The average molecular weight is 395 g/mol. The average Bonchev–Trinajstić information content (AvgIpc) is 2.78. The molecule has 0 spiro atoms. The van der Waals surface area contributed by atoms with Crippen LogP contribution in [-0.4, -0.2) is 38.6 Å². The lowest BCUT2D eigenvalue weighted by molar-refractivity contribution is 0.155. The molecular weight excluding hydrogens is 364 g/mol. The van der Waals surface area contributed by atoms with Crippen molar-refractivity contribution in [2.24, 2.45) is 16.9 Å². The highest BCUT2D eigenvalue weighted by molar-refractivity contribution is 6.03. The predicted octanol–water partition coefficient (Wildman–Crippen LogP) is 4.74. The number of hydrogen-bond acceptors (Lipinski definition) is 5. The van der Waals surface area contributed by atoms with Crippen molar-refractivity contribution in [2.75, 3.05) is 27.9 Å². The van der Waals surface area contributed by atoms with Crippen LogP contribution in [0.3, 0.4) is 0 Å². The summed E-state index contributed by atoms with van der Waals surface area (Å²) in [7, 11) is 5.05. The second-order valence-electron chi connectivity index (χ2n) is 7.90. The fourth-order valence-corrected chi connectivity index (χ4v) is 4.63.